The summed E-state index contributed by atoms with van der Waals surface area (Å²) in [5.41, 5.74) is 2.19. The van der Waals surface area contributed by atoms with Gasteiger partial charge in [-0.25, -0.2) is 0 Å². The summed E-state index contributed by atoms with van der Waals surface area (Å²) in [6.07, 6.45) is 4.15. The average molecular weight is 276 g/mol. The minimum absolute atomic E-state index is 0.00783. The second-order valence-corrected chi connectivity index (χ2v) is 5.72. The van der Waals surface area contributed by atoms with Crippen LogP contribution >= 0.6 is 0 Å². The number of carbonyl (C=O) groups excluding carboxylic acids is 1. The maximum absolute atomic E-state index is 12.3. The molecule has 0 saturated heterocycles. The number of hydrogen-bond donors (Lipinski definition) is 0. The van der Waals surface area contributed by atoms with Crippen LogP contribution in [0.3, 0.4) is 0 Å². The first-order valence-electron chi connectivity index (χ1n) is 7.40. The number of rotatable bonds is 4. The Kier molecular flexibility index (Phi) is 5.18. The van der Waals surface area contributed by atoms with Crippen LogP contribution in [0.5, 0.6) is 0 Å². The van der Waals surface area contributed by atoms with E-state index in [9.17, 15) is 4.79 Å². The molecule has 1 saturated carbocycles. The molecule has 1 aliphatic carbocycles. The lowest BCUT2D eigenvalue weighted by molar-refractivity contribution is -0.154. The Hall–Kier alpha value is -1.35. The quantitative estimate of drug-likeness (QED) is 0.788. The van der Waals surface area contributed by atoms with E-state index >= 15 is 0 Å². The van der Waals surface area contributed by atoms with Crippen LogP contribution in [0.25, 0.3) is 0 Å². The van der Waals surface area contributed by atoms with Gasteiger partial charge in [0.15, 0.2) is 0 Å². The smallest absolute Gasteiger partial charge is 0.313 e. The minimum atomic E-state index is -0.210. The predicted molar refractivity (Wildman–Crippen MR) is 78.7 cm³/mol. The largest absolute Gasteiger partial charge is 0.462 e. The lowest BCUT2D eigenvalue weighted by Crippen LogP contribution is -2.30. The van der Waals surface area contributed by atoms with Crippen LogP contribution < -0.4 is 0 Å². The van der Waals surface area contributed by atoms with Gasteiger partial charge in [0.25, 0.3) is 0 Å². The van der Waals surface area contributed by atoms with Gasteiger partial charge in [0, 0.05) is 13.5 Å². The molecule has 0 aliphatic heterocycles. The van der Waals surface area contributed by atoms with Crippen molar-refractivity contribution >= 4 is 5.97 Å². The van der Waals surface area contributed by atoms with Gasteiger partial charge in [0.2, 0.25) is 0 Å². The average Bonchev–Trinajstić information content (AvgIpc) is 2.46. The number of esters is 1. The van der Waals surface area contributed by atoms with Crippen LogP contribution in [0.2, 0.25) is 0 Å². The predicted octanol–water partition coefficient (Wildman–Crippen LogP) is 3.60. The van der Waals surface area contributed by atoms with Crippen LogP contribution in [0.4, 0.5) is 0 Å². The van der Waals surface area contributed by atoms with Crippen molar-refractivity contribution in [1.29, 1.82) is 0 Å². The summed E-state index contributed by atoms with van der Waals surface area (Å²) < 4.78 is 11.0. The number of hydrogen-bond acceptors (Lipinski definition) is 3. The molecule has 3 nitrogen and oxygen atoms in total. The highest BCUT2D eigenvalue weighted by Gasteiger charge is 2.27. The summed E-state index contributed by atoms with van der Waals surface area (Å²) in [6.45, 7) is 3.94. The van der Waals surface area contributed by atoms with Gasteiger partial charge in [-0.05, 0) is 38.7 Å². The third-order valence-corrected chi connectivity index (χ3v) is 4.09. The van der Waals surface area contributed by atoms with Gasteiger partial charge >= 0.3 is 5.97 Å². The van der Waals surface area contributed by atoms with Crippen LogP contribution in [0.1, 0.15) is 49.7 Å². The van der Waals surface area contributed by atoms with Crippen molar-refractivity contribution in [3.8, 4) is 0 Å². The van der Waals surface area contributed by atoms with Gasteiger partial charge in [0.1, 0.15) is 6.10 Å². The Bertz CT molecular complexity index is 455. The van der Waals surface area contributed by atoms with Crippen molar-refractivity contribution in [2.45, 2.75) is 57.7 Å². The second kappa shape index (κ2) is 6.89. The van der Waals surface area contributed by atoms with Crippen molar-refractivity contribution in [2.24, 2.45) is 0 Å². The SMILES string of the molecule is COC1CCCC(OC(=O)C(C)c2cccc(C)c2)C1. The molecular weight excluding hydrogens is 252 g/mol. The molecule has 0 heterocycles. The molecule has 3 atom stereocenters. The Balaban J connectivity index is 1.94. The summed E-state index contributed by atoms with van der Waals surface area (Å²) >= 11 is 0. The number of ether oxygens (including phenoxy) is 2. The number of methoxy groups -OCH3 is 1. The van der Waals surface area contributed by atoms with Crippen molar-refractivity contribution in [2.75, 3.05) is 7.11 Å². The molecule has 1 fully saturated rings. The highest BCUT2D eigenvalue weighted by molar-refractivity contribution is 5.77. The molecule has 1 aromatic carbocycles. The molecule has 3 unspecified atom stereocenters. The zero-order valence-electron chi connectivity index (χ0n) is 12.6. The van der Waals surface area contributed by atoms with E-state index in [0.29, 0.717) is 0 Å². The van der Waals surface area contributed by atoms with Gasteiger partial charge in [-0.15, -0.1) is 0 Å². The van der Waals surface area contributed by atoms with E-state index in [1.807, 2.05) is 38.1 Å². The first-order chi connectivity index (χ1) is 9.60. The zero-order valence-corrected chi connectivity index (χ0v) is 12.6. The molecule has 0 spiro atoms. The molecule has 0 amide bonds. The fourth-order valence-electron chi connectivity index (χ4n) is 2.77. The maximum Gasteiger partial charge on any atom is 0.313 e. The summed E-state index contributed by atoms with van der Waals surface area (Å²) in [4.78, 5) is 12.3. The normalized spacial score (nSPS) is 24.1. The van der Waals surface area contributed by atoms with E-state index in [4.69, 9.17) is 9.47 Å². The Morgan fingerprint density at radius 3 is 2.75 bits per heavy atom. The molecule has 110 valence electrons. The summed E-state index contributed by atoms with van der Waals surface area (Å²) in [5, 5.41) is 0. The molecule has 0 radical (unpaired) electrons. The van der Waals surface area contributed by atoms with E-state index < -0.39 is 0 Å². The van der Waals surface area contributed by atoms with Gasteiger partial charge in [-0.1, -0.05) is 29.8 Å². The standard InChI is InChI=1S/C17H24O3/c1-12-6-4-7-14(10-12)13(2)17(18)20-16-9-5-8-15(11-16)19-3/h4,6-7,10,13,15-16H,5,8-9,11H2,1-3H3. The topological polar surface area (TPSA) is 35.5 Å². The van der Waals surface area contributed by atoms with E-state index in [0.717, 1.165) is 31.2 Å². The fourth-order valence-corrected chi connectivity index (χ4v) is 2.77. The van der Waals surface area contributed by atoms with Gasteiger partial charge in [-0.3, -0.25) is 4.79 Å². The molecule has 1 aromatic rings. The lowest BCUT2D eigenvalue weighted by Gasteiger charge is -2.28. The lowest BCUT2D eigenvalue weighted by atomic mass is 9.94. The van der Waals surface area contributed by atoms with Crippen LogP contribution in [0.15, 0.2) is 24.3 Å². The van der Waals surface area contributed by atoms with Crippen molar-refractivity contribution in [1.82, 2.24) is 0 Å². The number of aryl methyl sites for hydroxylation is 1. The summed E-state index contributed by atoms with van der Waals surface area (Å²) in [6, 6.07) is 8.05. The van der Waals surface area contributed by atoms with Gasteiger partial charge < -0.3 is 9.47 Å². The molecular formula is C17H24O3. The number of carbonyl (C=O) groups is 1. The van der Waals surface area contributed by atoms with Crippen molar-refractivity contribution < 1.29 is 14.3 Å². The van der Waals surface area contributed by atoms with Crippen LogP contribution in [0, 0.1) is 6.92 Å². The first kappa shape index (κ1) is 15.0. The highest BCUT2D eigenvalue weighted by atomic mass is 16.5. The summed E-state index contributed by atoms with van der Waals surface area (Å²) in [5.74, 6) is -0.338. The Morgan fingerprint density at radius 2 is 2.05 bits per heavy atom. The van der Waals surface area contributed by atoms with Crippen LogP contribution in [-0.4, -0.2) is 25.3 Å². The molecule has 2 rings (SSSR count). The monoisotopic (exact) mass is 276 g/mol. The summed E-state index contributed by atoms with van der Waals surface area (Å²) in [7, 11) is 1.73. The minimum Gasteiger partial charge on any atom is -0.462 e. The van der Waals surface area contributed by atoms with Crippen molar-refractivity contribution in [3.63, 3.8) is 0 Å². The van der Waals surface area contributed by atoms with Gasteiger partial charge in [0.05, 0.1) is 12.0 Å². The van der Waals surface area contributed by atoms with E-state index in [2.05, 4.69) is 0 Å². The molecule has 1 aliphatic rings. The van der Waals surface area contributed by atoms with Crippen molar-refractivity contribution in [3.05, 3.63) is 35.4 Å². The Morgan fingerprint density at radius 1 is 1.30 bits per heavy atom. The molecule has 20 heavy (non-hydrogen) atoms. The zero-order chi connectivity index (χ0) is 14.5. The maximum atomic E-state index is 12.3. The highest BCUT2D eigenvalue weighted by Crippen LogP contribution is 2.26. The molecule has 0 N–H and O–H groups in total. The van der Waals surface area contributed by atoms with E-state index in [1.54, 1.807) is 7.11 Å². The first-order valence-corrected chi connectivity index (χ1v) is 7.40. The third-order valence-electron chi connectivity index (χ3n) is 4.09. The van der Waals surface area contributed by atoms with Gasteiger partial charge in [-0.2, -0.15) is 0 Å². The van der Waals surface area contributed by atoms with Crippen LogP contribution in [-0.2, 0) is 14.3 Å². The Labute approximate surface area is 121 Å². The molecule has 3 heteroatoms. The molecule has 0 aromatic heterocycles. The van der Waals surface area contributed by atoms with E-state index in [1.165, 1.54) is 5.56 Å². The van der Waals surface area contributed by atoms with E-state index in [-0.39, 0.29) is 24.1 Å². The number of benzene rings is 1. The molecule has 0 bridgehead atoms. The fraction of sp³-hybridized carbons (Fsp3) is 0.588. The second-order valence-electron chi connectivity index (χ2n) is 5.72. The third kappa shape index (κ3) is 3.83.